The van der Waals surface area contributed by atoms with Crippen LogP contribution in [0.4, 0.5) is 0 Å². The van der Waals surface area contributed by atoms with Crippen LogP contribution in [-0.2, 0) is 0 Å². The Morgan fingerprint density at radius 2 is 2.00 bits per heavy atom. The number of ether oxygens (including phenoxy) is 1. The summed E-state index contributed by atoms with van der Waals surface area (Å²) >= 11 is 5.71. The van der Waals surface area contributed by atoms with Gasteiger partial charge in [0.1, 0.15) is 0 Å². The van der Waals surface area contributed by atoms with Crippen molar-refractivity contribution in [3.63, 3.8) is 0 Å². The molecule has 0 N–H and O–H groups in total. The summed E-state index contributed by atoms with van der Waals surface area (Å²) in [6.07, 6.45) is 7.84. The molecule has 0 aliphatic rings. The SMILES string of the molecule is CCCCCCCOc1ccc(Cl)cn1. The summed E-state index contributed by atoms with van der Waals surface area (Å²) in [6, 6.07) is 3.59. The van der Waals surface area contributed by atoms with E-state index in [9.17, 15) is 0 Å². The lowest BCUT2D eigenvalue weighted by Gasteiger charge is -2.04. The van der Waals surface area contributed by atoms with E-state index in [4.69, 9.17) is 16.3 Å². The minimum atomic E-state index is 0.644. The Morgan fingerprint density at radius 1 is 1.20 bits per heavy atom. The zero-order valence-electron chi connectivity index (χ0n) is 9.21. The molecule has 0 spiro atoms. The largest absolute Gasteiger partial charge is 0.478 e. The number of nitrogens with zero attached hydrogens (tertiary/aromatic N) is 1. The van der Waals surface area contributed by atoms with Crippen LogP contribution in [-0.4, -0.2) is 11.6 Å². The molecule has 1 rings (SSSR count). The Morgan fingerprint density at radius 3 is 2.67 bits per heavy atom. The Balaban J connectivity index is 2.07. The molecule has 0 atom stereocenters. The molecule has 0 fully saturated rings. The maximum absolute atomic E-state index is 5.71. The summed E-state index contributed by atoms with van der Waals surface area (Å²) in [7, 11) is 0. The molecule has 1 aromatic heterocycles. The second-order valence-electron chi connectivity index (χ2n) is 3.58. The van der Waals surface area contributed by atoms with Crippen LogP contribution in [0.5, 0.6) is 5.88 Å². The third-order valence-corrected chi connectivity index (χ3v) is 2.42. The highest BCUT2D eigenvalue weighted by molar-refractivity contribution is 6.30. The fraction of sp³-hybridized carbons (Fsp3) is 0.583. The lowest BCUT2D eigenvalue weighted by molar-refractivity contribution is 0.293. The molecule has 1 aromatic rings. The summed E-state index contributed by atoms with van der Waals surface area (Å²) < 4.78 is 5.47. The van der Waals surface area contributed by atoms with Gasteiger partial charge in [-0.15, -0.1) is 0 Å². The van der Waals surface area contributed by atoms with Crippen LogP contribution < -0.4 is 4.74 Å². The molecular weight excluding hydrogens is 210 g/mol. The smallest absolute Gasteiger partial charge is 0.213 e. The first-order valence-corrected chi connectivity index (χ1v) is 5.95. The van der Waals surface area contributed by atoms with Crippen molar-refractivity contribution in [3.05, 3.63) is 23.4 Å². The monoisotopic (exact) mass is 227 g/mol. The van der Waals surface area contributed by atoms with Gasteiger partial charge in [0.25, 0.3) is 0 Å². The molecule has 0 aromatic carbocycles. The molecule has 0 saturated carbocycles. The standard InChI is InChI=1S/C12H18ClNO/c1-2-3-4-5-6-9-15-12-8-7-11(13)10-14-12/h7-8,10H,2-6,9H2,1H3. The highest BCUT2D eigenvalue weighted by atomic mass is 35.5. The van der Waals surface area contributed by atoms with Gasteiger partial charge in [0.2, 0.25) is 5.88 Å². The van der Waals surface area contributed by atoms with Crippen LogP contribution in [0.1, 0.15) is 39.0 Å². The van der Waals surface area contributed by atoms with E-state index < -0.39 is 0 Å². The Hall–Kier alpha value is -0.760. The minimum Gasteiger partial charge on any atom is -0.478 e. The average molecular weight is 228 g/mol. The number of pyridine rings is 1. The molecule has 3 heteroatoms. The molecule has 0 bridgehead atoms. The number of unbranched alkanes of at least 4 members (excludes halogenated alkanes) is 4. The number of halogens is 1. The van der Waals surface area contributed by atoms with Gasteiger partial charge >= 0.3 is 0 Å². The van der Waals surface area contributed by atoms with Gasteiger partial charge in [-0.05, 0) is 12.5 Å². The van der Waals surface area contributed by atoms with Crippen molar-refractivity contribution in [2.75, 3.05) is 6.61 Å². The van der Waals surface area contributed by atoms with Crippen LogP contribution in [0.15, 0.2) is 18.3 Å². The predicted octanol–water partition coefficient (Wildman–Crippen LogP) is 4.08. The van der Waals surface area contributed by atoms with Gasteiger partial charge in [-0.1, -0.05) is 44.2 Å². The molecule has 15 heavy (non-hydrogen) atoms. The predicted molar refractivity (Wildman–Crippen MR) is 63.5 cm³/mol. The van der Waals surface area contributed by atoms with Gasteiger partial charge < -0.3 is 4.74 Å². The van der Waals surface area contributed by atoms with Crippen LogP contribution in [0.25, 0.3) is 0 Å². The zero-order valence-corrected chi connectivity index (χ0v) is 9.96. The third-order valence-electron chi connectivity index (χ3n) is 2.20. The second-order valence-corrected chi connectivity index (χ2v) is 4.01. The lowest BCUT2D eigenvalue weighted by Crippen LogP contribution is -1.98. The van der Waals surface area contributed by atoms with E-state index in [0.717, 1.165) is 13.0 Å². The van der Waals surface area contributed by atoms with E-state index in [1.165, 1.54) is 25.7 Å². The first-order valence-electron chi connectivity index (χ1n) is 5.57. The van der Waals surface area contributed by atoms with Gasteiger partial charge in [-0.25, -0.2) is 4.98 Å². The highest BCUT2D eigenvalue weighted by Crippen LogP contribution is 2.12. The summed E-state index contributed by atoms with van der Waals surface area (Å²) in [5, 5.41) is 0.644. The Kier molecular flexibility index (Phi) is 6.17. The third kappa shape index (κ3) is 5.63. The zero-order chi connectivity index (χ0) is 10.9. The molecule has 1 heterocycles. The van der Waals surface area contributed by atoms with Gasteiger partial charge in [-0.2, -0.15) is 0 Å². The Labute approximate surface area is 96.6 Å². The van der Waals surface area contributed by atoms with Crippen LogP contribution in [0, 0.1) is 0 Å². The molecule has 0 radical (unpaired) electrons. The first kappa shape index (κ1) is 12.3. The van der Waals surface area contributed by atoms with Crippen molar-refractivity contribution < 1.29 is 4.74 Å². The van der Waals surface area contributed by atoms with Gasteiger partial charge in [0.15, 0.2) is 0 Å². The number of hydrogen-bond donors (Lipinski definition) is 0. The van der Waals surface area contributed by atoms with E-state index in [-0.39, 0.29) is 0 Å². The summed E-state index contributed by atoms with van der Waals surface area (Å²) in [6.45, 7) is 2.96. The maximum Gasteiger partial charge on any atom is 0.213 e. The number of hydrogen-bond acceptors (Lipinski definition) is 2. The molecule has 0 saturated heterocycles. The highest BCUT2D eigenvalue weighted by Gasteiger charge is 1.95. The van der Waals surface area contributed by atoms with Gasteiger partial charge in [0, 0.05) is 12.3 Å². The van der Waals surface area contributed by atoms with Crippen molar-refractivity contribution in [2.45, 2.75) is 39.0 Å². The Bertz CT molecular complexity index is 261. The van der Waals surface area contributed by atoms with Crippen LogP contribution >= 0.6 is 11.6 Å². The minimum absolute atomic E-state index is 0.644. The summed E-state index contributed by atoms with van der Waals surface area (Å²) in [5.41, 5.74) is 0. The van der Waals surface area contributed by atoms with E-state index in [1.807, 2.05) is 0 Å². The molecule has 0 aliphatic carbocycles. The van der Waals surface area contributed by atoms with E-state index in [1.54, 1.807) is 18.3 Å². The average Bonchev–Trinajstić information content (AvgIpc) is 2.26. The van der Waals surface area contributed by atoms with E-state index in [2.05, 4.69) is 11.9 Å². The number of rotatable bonds is 7. The topological polar surface area (TPSA) is 22.1 Å². The molecule has 2 nitrogen and oxygen atoms in total. The fourth-order valence-electron chi connectivity index (χ4n) is 1.33. The molecule has 0 amide bonds. The number of aromatic nitrogens is 1. The normalized spacial score (nSPS) is 10.3. The molecular formula is C12H18ClNO. The summed E-state index contributed by atoms with van der Waals surface area (Å²) in [4.78, 5) is 4.06. The van der Waals surface area contributed by atoms with Gasteiger partial charge in [-0.3, -0.25) is 0 Å². The molecule has 84 valence electrons. The summed E-state index contributed by atoms with van der Waals surface area (Å²) in [5.74, 6) is 0.662. The molecule has 0 unspecified atom stereocenters. The molecule has 0 aliphatic heterocycles. The second kappa shape index (κ2) is 7.52. The van der Waals surface area contributed by atoms with E-state index in [0.29, 0.717) is 10.9 Å². The van der Waals surface area contributed by atoms with Crippen molar-refractivity contribution in [3.8, 4) is 5.88 Å². The lowest BCUT2D eigenvalue weighted by atomic mass is 10.2. The maximum atomic E-state index is 5.71. The van der Waals surface area contributed by atoms with Crippen molar-refractivity contribution in [1.29, 1.82) is 0 Å². The van der Waals surface area contributed by atoms with Crippen molar-refractivity contribution >= 4 is 11.6 Å². The van der Waals surface area contributed by atoms with Crippen molar-refractivity contribution in [2.24, 2.45) is 0 Å². The van der Waals surface area contributed by atoms with Crippen LogP contribution in [0.2, 0.25) is 5.02 Å². The van der Waals surface area contributed by atoms with E-state index >= 15 is 0 Å². The first-order chi connectivity index (χ1) is 7.33. The quantitative estimate of drug-likeness (QED) is 0.655. The van der Waals surface area contributed by atoms with Crippen molar-refractivity contribution in [1.82, 2.24) is 4.98 Å². The fourth-order valence-corrected chi connectivity index (χ4v) is 1.44. The van der Waals surface area contributed by atoms with Gasteiger partial charge in [0.05, 0.1) is 11.6 Å². The van der Waals surface area contributed by atoms with Crippen LogP contribution in [0.3, 0.4) is 0 Å².